The summed E-state index contributed by atoms with van der Waals surface area (Å²) in [5.74, 6) is -0.104. The fourth-order valence-electron chi connectivity index (χ4n) is 3.79. The minimum absolute atomic E-state index is 0.0261. The Labute approximate surface area is 206 Å². The van der Waals surface area contributed by atoms with E-state index in [4.69, 9.17) is 39.4 Å². The van der Waals surface area contributed by atoms with Crippen molar-refractivity contribution in [1.29, 1.82) is 0 Å². The highest BCUT2D eigenvalue weighted by atomic mass is 35.5. The topological polar surface area (TPSA) is 106 Å². The molecule has 1 aliphatic rings. The molecule has 5 N–H and O–H groups in total. The molecule has 0 spiro atoms. The van der Waals surface area contributed by atoms with Crippen molar-refractivity contribution in [3.05, 3.63) is 70.1 Å². The Bertz CT molecular complexity index is 1210. The van der Waals surface area contributed by atoms with Gasteiger partial charge in [-0.1, -0.05) is 35.3 Å². The van der Waals surface area contributed by atoms with Crippen molar-refractivity contribution in [1.82, 2.24) is 9.88 Å². The van der Waals surface area contributed by atoms with Crippen molar-refractivity contribution in [2.24, 2.45) is 5.73 Å². The highest BCUT2D eigenvalue weighted by molar-refractivity contribution is 6.36. The number of carbonyl (C=O) groups is 1. The predicted octanol–water partition coefficient (Wildman–Crippen LogP) is 5.48. The van der Waals surface area contributed by atoms with Crippen LogP contribution in [0, 0.1) is 5.82 Å². The van der Waals surface area contributed by atoms with Crippen molar-refractivity contribution in [3.8, 4) is 16.9 Å². The van der Waals surface area contributed by atoms with Crippen LogP contribution in [0.4, 0.5) is 20.7 Å². The maximum Gasteiger partial charge on any atom is 0.321 e. The number of urea groups is 1. The number of likely N-dealkylation sites (tertiary alicyclic amines) is 1. The Morgan fingerprint density at radius 3 is 2.65 bits per heavy atom. The molecule has 1 fully saturated rings. The standard InChI is InChI=1S/C24H24Cl2FN5O2/c1-13(21-18(25)6-7-19(27)22(21)26)34-20-10-15(11-30-23(20)29)14-2-4-17(5-3-14)31-24(33)32-9-8-16(28)12-32/h2-7,10-11,13,16H,8-9,12,28H2,1H3,(H2,29,30)(H,31,33)/t13?,16-/m1/s1. The lowest BCUT2D eigenvalue weighted by atomic mass is 10.1. The number of amides is 2. The molecule has 178 valence electrons. The Morgan fingerprint density at radius 2 is 1.97 bits per heavy atom. The zero-order valence-electron chi connectivity index (χ0n) is 18.4. The van der Waals surface area contributed by atoms with E-state index in [1.54, 1.807) is 36.2 Å². The van der Waals surface area contributed by atoms with E-state index in [0.29, 0.717) is 30.1 Å². The summed E-state index contributed by atoms with van der Waals surface area (Å²) in [5.41, 5.74) is 14.5. The molecule has 7 nitrogen and oxygen atoms in total. The number of carbonyl (C=O) groups excluding carboxylic acids is 1. The lowest BCUT2D eigenvalue weighted by Crippen LogP contribution is -2.35. The predicted molar refractivity (Wildman–Crippen MR) is 133 cm³/mol. The molecule has 10 heteroatoms. The molecule has 0 aliphatic carbocycles. The summed E-state index contributed by atoms with van der Waals surface area (Å²) in [4.78, 5) is 18.3. The van der Waals surface area contributed by atoms with Crippen LogP contribution >= 0.6 is 23.2 Å². The fourth-order valence-corrected chi connectivity index (χ4v) is 4.47. The third kappa shape index (κ3) is 5.19. The van der Waals surface area contributed by atoms with Gasteiger partial charge in [0.15, 0.2) is 11.6 Å². The Kier molecular flexibility index (Phi) is 7.11. The van der Waals surface area contributed by atoms with E-state index in [0.717, 1.165) is 17.5 Å². The molecule has 3 aromatic rings. The second-order valence-corrected chi connectivity index (χ2v) is 8.91. The summed E-state index contributed by atoms with van der Waals surface area (Å²) in [6.07, 6.45) is 1.75. The summed E-state index contributed by atoms with van der Waals surface area (Å²) in [7, 11) is 0. The van der Waals surface area contributed by atoms with Gasteiger partial charge in [-0.25, -0.2) is 14.2 Å². The summed E-state index contributed by atoms with van der Waals surface area (Å²) >= 11 is 12.3. The first-order chi connectivity index (χ1) is 16.2. The zero-order valence-corrected chi connectivity index (χ0v) is 19.9. The minimum Gasteiger partial charge on any atom is -0.482 e. The number of halogens is 3. The van der Waals surface area contributed by atoms with E-state index >= 15 is 0 Å². The monoisotopic (exact) mass is 503 g/mol. The van der Waals surface area contributed by atoms with Crippen LogP contribution < -0.4 is 21.5 Å². The molecule has 1 saturated heterocycles. The first kappa shape index (κ1) is 24.1. The van der Waals surface area contributed by atoms with Crippen LogP contribution in [0.1, 0.15) is 25.0 Å². The van der Waals surface area contributed by atoms with Gasteiger partial charge in [0.2, 0.25) is 0 Å². The normalized spacial score (nSPS) is 16.4. The van der Waals surface area contributed by atoms with Gasteiger partial charge in [0, 0.05) is 47.2 Å². The van der Waals surface area contributed by atoms with Gasteiger partial charge in [0.05, 0.1) is 5.02 Å². The number of ether oxygens (including phenoxy) is 1. The Morgan fingerprint density at radius 1 is 1.24 bits per heavy atom. The van der Waals surface area contributed by atoms with Gasteiger partial charge < -0.3 is 26.4 Å². The summed E-state index contributed by atoms with van der Waals surface area (Å²) in [6.45, 7) is 2.90. The number of hydrogen-bond acceptors (Lipinski definition) is 5. The third-order valence-electron chi connectivity index (χ3n) is 5.65. The van der Waals surface area contributed by atoms with Gasteiger partial charge in [0.1, 0.15) is 11.9 Å². The first-order valence-corrected chi connectivity index (χ1v) is 11.5. The second kappa shape index (κ2) is 10.0. The fraction of sp³-hybridized carbons (Fsp3) is 0.250. The van der Waals surface area contributed by atoms with Crippen LogP contribution in [0.5, 0.6) is 5.75 Å². The first-order valence-electron chi connectivity index (χ1n) is 10.7. The average molecular weight is 504 g/mol. The van der Waals surface area contributed by atoms with E-state index in [1.165, 1.54) is 12.1 Å². The number of pyridine rings is 1. The molecule has 1 aliphatic heterocycles. The van der Waals surface area contributed by atoms with E-state index in [9.17, 15) is 9.18 Å². The van der Waals surface area contributed by atoms with Crippen LogP contribution in [-0.2, 0) is 0 Å². The Hall–Kier alpha value is -3.07. The van der Waals surface area contributed by atoms with E-state index < -0.39 is 11.9 Å². The highest BCUT2D eigenvalue weighted by Gasteiger charge is 2.23. The smallest absolute Gasteiger partial charge is 0.321 e. The number of nitrogen functional groups attached to an aromatic ring is 1. The van der Waals surface area contributed by atoms with E-state index in [-0.39, 0.29) is 27.9 Å². The lowest BCUT2D eigenvalue weighted by molar-refractivity contribution is 0.222. The number of rotatable bonds is 5. The number of aromatic nitrogens is 1. The molecule has 2 atom stereocenters. The van der Waals surface area contributed by atoms with Crippen LogP contribution in [-0.4, -0.2) is 35.0 Å². The van der Waals surface area contributed by atoms with Gasteiger partial charge in [0.25, 0.3) is 0 Å². The van der Waals surface area contributed by atoms with E-state index in [1.807, 2.05) is 12.1 Å². The van der Waals surface area contributed by atoms with Crippen molar-refractivity contribution >= 4 is 40.7 Å². The maximum absolute atomic E-state index is 13.9. The van der Waals surface area contributed by atoms with Gasteiger partial charge in [-0.05, 0) is 49.2 Å². The SMILES string of the molecule is CC(Oc1cc(-c2ccc(NC(=O)N3CC[C@@H](N)C3)cc2)cnc1N)c1c(Cl)ccc(F)c1Cl. The number of benzene rings is 2. The molecule has 0 radical (unpaired) electrons. The third-order valence-corrected chi connectivity index (χ3v) is 6.37. The number of anilines is 2. The van der Waals surface area contributed by atoms with Gasteiger partial charge in [-0.2, -0.15) is 0 Å². The number of hydrogen-bond donors (Lipinski definition) is 3. The molecule has 34 heavy (non-hydrogen) atoms. The van der Waals surface area contributed by atoms with Crippen LogP contribution in [0.3, 0.4) is 0 Å². The summed E-state index contributed by atoms with van der Waals surface area (Å²) in [6, 6.07) is 11.5. The number of nitrogens with one attached hydrogen (secondary N) is 1. The molecule has 1 aromatic heterocycles. The second-order valence-electron chi connectivity index (χ2n) is 8.13. The highest BCUT2D eigenvalue weighted by Crippen LogP contribution is 2.37. The van der Waals surface area contributed by atoms with Crippen molar-refractivity contribution in [3.63, 3.8) is 0 Å². The molecule has 0 bridgehead atoms. The molecule has 1 unspecified atom stereocenters. The van der Waals surface area contributed by atoms with Gasteiger partial charge in [-0.15, -0.1) is 0 Å². The van der Waals surface area contributed by atoms with Gasteiger partial charge in [-0.3, -0.25) is 0 Å². The Balaban J connectivity index is 1.50. The number of nitrogens with zero attached hydrogens (tertiary/aromatic N) is 2. The molecule has 0 saturated carbocycles. The molecular weight excluding hydrogens is 480 g/mol. The molecule has 2 aromatic carbocycles. The largest absolute Gasteiger partial charge is 0.482 e. The van der Waals surface area contributed by atoms with Gasteiger partial charge >= 0.3 is 6.03 Å². The van der Waals surface area contributed by atoms with E-state index in [2.05, 4.69) is 10.3 Å². The summed E-state index contributed by atoms with van der Waals surface area (Å²) in [5, 5.41) is 3.06. The van der Waals surface area contributed by atoms with Crippen molar-refractivity contribution < 1.29 is 13.9 Å². The molecular formula is C24H24Cl2FN5O2. The number of nitrogens with two attached hydrogens (primary N) is 2. The molecule has 2 heterocycles. The molecule has 2 amide bonds. The van der Waals surface area contributed by atoms with Crippen LogP contribution in [0.15, 0.2) is 48.7 Å². The average Bonchev–Trinajstić information content (AvgIpc) is 3.25. The van der Waals surface area contributed by atoms with Crippen LogP contribution in [0.25, 0.3) is 11.1 Å². The minimum atomic E-state index is -0.675. The van der Waals surface area contributed by atoms with Crippen LogP contribution in [0.2, 0.25) is 10.0 Å². The summed E-state index contributed by atoms with van der Waals surface area (Å²) < 4.78 is 19.9. The molecule has 4 rings (SSSR count). The lowest BCUT2D eigenvalue weighted by Gasteiger charge is -2.19. The van der Waals surface area contributed by atoms with Crippen molar-refractivity contribution in [2.45, 2.75) is 25.5 Å². The van der Waals surface area contributed by atoms with Crippen molar-refractivity contribution in [2.75, 3.05) is 24.1 Å². The zero-order chi connectivity index (χ0) is 24.4. The maximum atomic E-state index is 13.9. The quantitative estimate of drug-likeness (QED) is 0.399.